The van der Waals surface area contributed by atoms with E-state index in [9.17, 15) is 5.11 Å². The summed E-state index contributed by atoms with van der Waals surface area (Å²) in [6, 6.07) is 0. The van der Waals surface area contributed by atoms with Gasteiger partial charge < -0.3 is 0 Å². The largest absolute Gasteiger partial charge is 0.229 e. The average molecular weight is 111 g/mol. The van der Waals surface area contributed by atoms with Crippen molar-refractivity contribution in [1.82, 2.24) is 0 Å². The molecule has 0 heterocycles. The van der Waals surface area contributed by atoms with Gasteiger partial charge in [0.15, 0.2) is 0 Å². The van der Waals surface area contributed by atoms with Crippen LogP contribution in [0.1, 0.15) is 13.8 Å². The lowest BCUT2D eigenvalue weighted by Gasteiger charge is -1.87. The molecule has 0 amide bonds. The van der Waals surface area contributed by atoms with Gasteiger partial charge in [-0.15, -0.1) is 0 Å². The first-order valence-electron chi connectivity index (χ1n) is 2.62. The average Bonchev–Trinajstić information content (AvgIpc) is 1.61. The number of allylic oxidation sites excluding steroid dienone is 2. The predicted molar refractivity (Wildman–Crippen MR) is 34.1 cm³/mol. The van der Waals surface area contributed by atoms with Gasteiger partial charge in [0.2, 0.25) is 0 Å². The highest BCUT2D eigenvalue weighted by atomic mass is 16.3. The molecule has 1 nitrogen and oxygen atoms in total. The van der Waals surface area contributed by atoms with Crippen molar-refractivity contribution in [2.24, 2.45) is 0 Å². The lowest BCUT2D eigenvalue weighted by molar-refractivity contribution is 0.146. The Labute approximate surface area is 50.3 Å². The van der Waals surface area contributed by atoms with Crippen molar-refractivity contribution < 1.29 is 5.11 Å². The summed E-state index contributed by atoms with van der Waals surface area (Å²) in [4.78, 5) is 0. The Hall–Kier alpha value is -0.560. The summed E-state index contributed by atoms with van der Waals surface area (Å²) < 4.78 is 0. The Morgan fingerprint density at radius 2 is 2.25 bits per heavy atom. The van der Waals surface area contributed by atoms with Gasteiger partial charge in [0.25, 0.3) is 0 Å². The molecule has 0 bridgehead atoms. The number of hydrogen-bond acceptors (Lipinski definition) is 0. The summed E-state index contributed by atoms with van der Waals surface area (Å²) in [6.45, 7) is 7.06. The van der Waals surface area contributed by atoms with Gasteiger partial charge in [-0.05, 0) is 13.8 Å². The minimum Gasteiger partial charge on any atom is -0.229 e. The molecule has 1 heteroatoms. The van der Waals surface area contributed by atoms with Gasteiger partial charge in [0.1, 0.15) is 6.10 Å². The molecular formula is C7H11O. The molecule has 0 spiro atoms. The molecule has 1 radical (unpaired) electrons. The molecule has 0 saturated heterocycles. The second-order valence-electron chi connectivity index (χ2n) is 1.91. The van der Waals surface area contributed by atoms with Crippen LogP contribution in [0.2, 0.25) is 0 Å². The van der Waals surface area contributed by atoms with Crippen molar-refractivity contribution in [2.75, 3.05) is 0 Å². The molecule has 1 unspecified atom stereocenters. The van der Waals surface area contributed by atoms with E-state index in [1.165, 1.54) is 0 Å². The molecule has 0 saturated carbocycles. The Morgan fingerprint density at radius 1 is 1.75 bits per heavy atom. The highest BCUT2D eigenvalue weighted by Crippen LogP contribution is 1.91. The fourth-order valence-corrected chi connectivity index (χ4v) is 0.300. The van der Waals surface area contributed by atoms with E-state index in [-0.39, 0.29) is 0 Å². The second-order valence-corrected chi connectivity index (χ2v) is 1.91. The van der Waals surface area contributed by atoms with Crippen LogP contribution in [0, 0.1) is 0 Å². The molecule has 0 aliphatic heterocycles. The highest BCUT2D eigenvalue weighted by molar-refractivity contribution is 5.11. The van der Waals surface area contributed by atoms with Crippen LogP contribution in [0.3, 0.4) is 0 Å². The highest BCUT2D eigenvalue weighted by Gasteiger charge is 1.85. The Balaban J connectivity index is 3.50. The van der Waals surface area contributed by atoms with E-state index in [0.717, 1.165) is 5.57 Å². The maximum atomic E-state index is 10.3. The van der Waals surface area contributed by atoms with E-state index in [1.54, 1.807) is 19.1 Å². The van der Waals surface area contributed by atoms with E-state index >= 15 is 0 Å². The zero-order valence-electron chi connectivity index (χ0n) is 5.35. The van der Waals surface area contributed by atoms with E-state index < -0.39 is 6.10 Å². The van der Waals surface area contributed by atoms with Crippen LogP contribution in [0.25, 0.3) is 0 Å². The molecule has 0 aromatic heterocycles. The molecule has 0 rings (SSSR count). The number of hydrogen-bond donors (Lipinski definition) is 0. The smallest absolute Gasteiger partial charge is 0.109 e. The lowest BCUT2D eigenvalue weighted by atomic mass is 10.3. The molecule has 0 aliphatic carbocycles. The molecule has 45 valence electrons. The first kappa shape index (κ1) is 7.44. The van der Waals surface area contributed by atoms with Gasteiger partial charge in [0.05, 0.1) is 0 Å². The fourth-order valence-electron chi connectivity index (χ4n) is 0.300. The van der Waals surface area contributed by atoms with Crippen molar-refractivity contribution in [2.45, 2.75) is 20.0 Å². The molecule has 0 aromatic rings. The van der Waals surface area contributed by atoms with Gasteiger partial charge in [-0.3, -0.25) is 0 Å². The third kappa shape index (κ3) is 5.44. The Bertz CT molecular complexity index is 101. The quantitative estimate of drug-likeness (QED) is 0.485. The normalized spacial score (nSPS) is 14.4. The van der Waals surface area contributed by atoms with E-state index in [2.05, 4.69) is 6.58 Å². The first-order valence-corrected chi connectivity index (χ1v) is 2.62. The Kier molecular flexibility index (Phi) is 3.20. The molecule has 1 atom stereocenters. The van der Waals surface area contributed by atoms with Crippen LogP contribution in [0.5, 0.6) is 0 Å². The van der Waals surface area contributed by atoms with Gasteiger partial charge in [-0.1, -0.05) is 24.3 Å². The van der Waals surface area contributed by atoms with Gasteiger partial charge >= 0.3 is 0 Å². The van der Waals surface area contributed by atoms with Gasteiger partial charge in [-0.25, -0.2) is 5.11 Å². The van der Waals surface area contributed by atoms with E-state index in [1.807, 2.05) is 6.92 Å². The standard InChI is InChI=1S/C7H11O/c1-6(2)4-5-7(3)8/h4-5,7H,1H2,2-3H3/b5-4+. The number of rotatable bonds is 2. The lowest BCUT2D eigenvalue weighted by Crippen LogP contribution is -1.88. The first-order chi connectivity index (χ1) is 3.63. The van der Waals surface area contributed by atoms with Crippen molar-refractivity contribution in [1.29, 1.82) is 0 Å². The minimum atomic E-state index is -0.605. The summed E-state index contributed by atoms with van der Waals surface area (Å²) in [5.41, 5.74) is 0.924. The van der Waals surface area contributed by atoms with Crippen molar-refractivity contribution in [3.05, 3.63) is 24.3 Å². The summed E-state index contributed by atoms with van der Waals surface area (Å²) in [5, 5.41) is 10.3. The maximum absolute atomic E-state index is 10.3. The molecule has 8 heavy (non-hydrogen) atoms. The molecule has 0 N–H and O–H groups in total. The van der Waals surface area contributed by atoms with Crippen molar-refractivity contribution in [3.63, 3.8) is 0 Å². The van der Waals surface area contributed by atoms with Gasteiger partial charge in [-0.2, -0.15) is 0 Å². The zero-order chi connectivity index (χ0) is 6.57. The summed E-state index contributed by atoms with van der Waals surface area (Å²) in [6.07, 6.45) is 2.71. The van der Waals surface area contributed by atoms with Crippen LogP contribution in [0.4, 0.5) is 0 Å². The molecule has 0 aromatic carbocycles. The summed E-state index contributed by atoms with van der Waals surface area (Å²) >= 11 is 0. The topological polar surface area (TPSA) is 19.9 Å². The summed E-state index contributed by atoms with van der Waals surface area (Å²) in [5.74, 6) is 0. The van der Waals surface area contributed by atoms with Gasteiger partial charge in [0, 0.05) is 0 Å². The van der Waals surface area contributed by atoms with Crippen molar-refractivity contribution >= 4 is 0 Å². The fraction of sp³-hybridized carbons (Fsp3) is 0.429. The predicted octanol–water partition coefficient (Wildman–Crippen LogP) is 1.94. The second kappa shape index (κ2) is 3.44. The molecule has 0 aliphatic rings. The van der Waals surface area contributed by atoms with Crippen LogP contribution in [-0.2, 0) is 5.11 Å². The summed E-state index contributed by atoms with van der Waals surface area (Å²) in [7, 11) is 0. The maximum Gasteiger partial charge on any atom is 0.109 e. The van der Waals surface area contributed by atoms with Crippen LogP contribution in [-0.4, -0.2) is 6.10 Å². The monoisotopic (exact) mass is 111 g/mol. The zero-order valence-corrected chi connectivity index (χ0v) is 5.35. The SMILES string of the molecule is C=C(C)/C=C/C(C)[O]. The van der Waals surface area contributed by atoms with Crippen LogP contribution in [0.15, 0.2) is 24.3 Å². The van der Waals surface area contributed by atoms with E-state index in [4.69, 9.17) is 0 Å². The minimum absolute atomic E-state index is 0.605. The third-order valence-electron chi connectivity index (χ3n) is 0.652. The van der Waals surface area contributed by atoms with E-state index in [0.29, 0.717) is 0 Å². The molecule has 0 fully saturated rings. The third-order valence-corrected chi connectivity index (χ3v) is 0.652. The Morgan fingerprint density at radius 3 is 2.38 bits per heavy atom. The van der Waals surface area contributed by atoms with Crippen molar-refractivity contribution in [3.8, 4) is 0 Å². The molecular weight excluding hydrogens is 100 g/mol. The van der Waals surface area contributed by atoms with Crippen LogP contribution < -0.4 is 0 Å². The van der Waals surface area contributed by atoms with Crippen LogP contribution >= 0.6 is 0 Å².